The van der Waals surface area contributed by atoms with Crippen LogP contribution in [0, 0.1) is 0 Å². The molecular weight excluding hydrogens is 242 g/mol. The first-order valence-electron chi connectivity index (χ1n) is 6.01. The number of carbonyl (C=O) groups is 1. The van der Waals surface area contributed by atoms with Crippen molar-refractivity contribution >= 4 is 5.97 Å². The van der Waals surface area contributed by atoms with Gasteiger partial charge in [-0.3, -0.25) is 4.98 Å². The fourth-order valence-corrected chi connectivity index (χ4v) is 1.80. The van der Waals surface area contributed by atoms with E-state index in [1.54, 1.807) is 38.6 Å². The van der Waals surface area contributed by atoms with Crippen molar-refractivity contribution in [2.75, 3.05) is 13.7 Å². The quantitative estimate of drug-likeness (QED) is 0.790. The number of pyridine rings is 1. The molecule has 98 valence electrons. The van der Waals surface area contributed by atoms with E-state index >= 15 is 0 Å². The maximum Gasteiger partial charge on any atom is 0.338 e. The lowest BCUT2D eigenvalue weighted by Gasteiger charge is -2.10. The number of nitrogens with zero attached hydrogens (tertiary/aromatic N) is 1. The predicted octanol–water partition coefficient (Wildman–Crippen LogP) is 2.93. The highest BCUT2D eigenvalue weighted by molar-refractivity contribution is 5.91. The summed E-state index contributed by atoms with van der Waals surface area (Å²) in [5, 5.41) is 0. The maximum atomic E-state index is 11.7. The van der Waals surface area contributed by atoms with Crippen LogP contribution in [0.2, 0.25) is 0 Å². The van der Waals surface area contributed by atoms with Crippen molar-refractivity contribution in [3.05, 3.63) is 48.3 Å². The zero-order chi connectivity index (χ0) is 13.7. The topological polar surface area (TPSA) is 48.4 Å². The smallest absolute Gasteiger partial charge is 0.338 e. The summed E-state index contributed by atoms with van der Waals surface area (Å²) >= 11 is 0. The number of hydrogen-bond acceptors (Lipinski definition) is 4. The highest BCUT2D eigenvalue weighted by Gasteiger charge is 2.12. The minimum atomic E-state index is -0.345. The van der Waals surface area contributed by atoms with Crippen molar-refractivity contribution in [3.8, 4) is 16.9 Å². The summed E-state index contributed by atoms with van der Waals surface area (Å²) in [4.78, 5) is 15.7. The van der Waals surface area contributed by atoms with E-state index in [2.05, 4.69) is 4.98 Å². The van der Waals surface area contributed by atoms with Crippen molar-refractivity contribution < 1.29 is 14.3 Å². The Morgan fingerprint density at radius 1 is 1.21 bits per heavy atom. The molecule has 0 spiro atoms. The molecule has 0 aliphatic rings. The summed E-state index contributed by atoms with van der Waals surface area (Å²) in [6.07, 6.45) is 3.43. The standard InChI is InChI=1S/C15H15NO3/c1-3-19-15(17)12-4-5-13(14(10-12)18-2)11-6-8-16-9-7-11/h4-10H,3H2,1-2H3. The van der Waals surface area contributed by atoms with Crippen molar-refractivity contribution in [3.63, 3.8) is 0 Å². The maximum absolute atomic E-state index is 11.7. The molecule has 0 unspecified atom stereocenters. The first-order chi connectivity index (χ1) is 9.26. The van der Waals surface area contributed by atoms with Gasteiger partial charge in [-0.2, -0.15) is 0 Å². The second kappa shape index (κ2) is 6.00. The Morgan fingerprint density at radius 2 is 1.95 bits per heavy atom. The molecule has 0 saturated heterocycles. The van der Waals surface area contributed by atoms with Gasteiger partial charge in [0.25, 0.3) is 0 Å². The number of benzene rings is 1. The van der Waals surface area contributed by atoms with Crippen LogP contribution in [0.5, 0.6) is 5.75 Å². The minimum Gasteiger partial charge on any atom is -0.496 e. The summed E-state index contributed by atoms with van der Waals surface area (Å²) < 4.78 is 10.3. The molecule has 0 fully saturated rings. The van der Waals surface area contributed by atoms with Gasteiger partial charge in [0.2, 0.25) is 0 Å². The highest BCUT2D eigenvalue weighted by atomic mass is 16.5. The van der Waals surface area contributed by atoms with E-state index in [-0.39, 0.29) is 5.97 Å². The zero-order valence-corrected chi connectivity index (χ0v) is 10.9. The molecule has 4 heteroatoms. The number of aromatic nitrogens is 1. The van der Waals surface area contributed by atoms with Crippen LogP contribution in [0.25, 0.3) is 11.1 Å². The lowest BCUT2D eigenvalue weighted by Crippen LogP contribution is -2.05. The van der Waals surface area contributed by atoms with E-state index in [1.807, 2.05) is 18.2 Å². The van der Waals surface area contributed by atoms with Crippen molar-refractivity contribution in [2.24, 2.45) is 0 Å². The normalized spacial score (nSPS) is 10.0. The lowest BCUT2D eigenvalue weighted by molar-refractivity contribution is 0.0526. The molecule has 1 aromatic carbocycles. The number of esters is 1. The van der Waals surface area contributed by atoms with Gasteiger partial charge in [-0.25, -0.2) is 4.79 Å². The van der Waals surface area contributed by atoms with Gasteiger partial charge >= 0.3 is 5.97 Å². The van der Waals surface area contributed by atoms with Gasteiger partial charge in [-0.1, -0.05) is 0 Å². The van der Waals surface area contributed by atoms with Crippen LogP contribution in [0.1, 0.15) is 17.3 Å². The molecule has 0 amide bonds. The Balaban J connectivity index is 2.40. The largest absolute Gasteiger partial charge is 0.496 e. The van der Waals surface area contributed by atoms with E-state index < -0.39 is 0 Å². The number of methoxy groups -OCH3 is 1. The monoisotopic (exact) mass is 257 g/mol. The molecule has 19 heavy (non-hydrogen) atoms. The van der Waals surface area contributed by atoms with Crippen LogP contribution >= 0.6 is 0 Å². The SMILES string of the molecule is CCOC(=O)c1ccc(-c2ccncc2)c(OC)c1. The molecule has 0 atom stereocenters. The molecular formula is C15H15NO3. The van der Waals surface area contributed by atoms with E-state index in [0.717, 1.165) is 11.1 Å². The van der Waals surface area contributed by atoms with Gasteiger partial charge in [0, 0.05) is 18.0 Å². The number of carbonyl (C=O) groups excluding carboxylic acids is 1. The van der Waals surface area contributed by atoms with Crippen molar-refractivity contribution in [2.45, 2.75) is 6.92 Å². The molecule has 0 aliphatic heterocycles. The van der Waals surface area contributed by atoms with Crippen LogP contribution in [0.3, 0.4) is 0 Å². The summed E-state index contributed by atoms with van der Waals surface area (Å²) in [5.74, 6) is 0.291. The van der Waals surface area contributed by atoms with Crippen LogP contribution in [-0.4, -0.2) is 24.7 Å². The Labute approximate surface area is 112 Å². The summed E-state index contributed by atoms with van der Waals surface area (Å²) in [5.41, 5.74) is 2.39. The molecule has 1 aromatic heterocycles. The molecule has 2 aromatic rings. The number of ether oxygens (including phenoxy) is 2. The second-order valence-corrected chi connectivity index (χ2v) is 3.87. The Morgan fingerprint density at radius 3 is 2.58 bits per heavy atom. The summed E-state index contributed by atoms with van der Waals surface area (Å²) in [7, 11) is 1.58. The van der Waals surface area contributed by atoms with Gasteiger partial charge in [0.1, 0.15) is 5.75 Å². The summed E-state index contributed by atoms with van der Waals surface area (Å²) in [6, 6.07) is 9.05. The summed E-state index contributed by atoms with van der Waals surface area (Å²) in [6.45, 7) is 2.13. The zero-order valence-electron chi connectivity index (χ0n) is 10.9. The third-order valence-electron chi connectivity index (χ3n) is 2.70. The van der Waals surface area contributed by atoms with Crippen molar-refractivity contribution in [1.82, 2.24) is 4.98 Å². The Kier molecular flexibility index (Phi) is 4.13. The Bertz CT molecular complexity index is 567. The van der Waals surface area contributed by atoms with Crippen LogP contribution in [0.15, 0.2) is 42.7 Å². The second-order valence-electron chi connectivity index (χ2n) is 3.87. The van der Waals surface area contributed by atoms with Gasteiger partial charge in [0.15, 0.2) is 0 Å². The number of rotatable bonds is 4. The predicted molar refractivity (Wildman–Crippen MR) is 72.2 cm³/mol. The average Bonchev–Trinajstić information content (AvgIpc) is 2.47. The Hall–Kier alpha value is -2.36. The fourth-order valence-electron chi connectivity index (χ4n) is 1.80. The van der Waals surface area contributed by atoms with Gasteiger partial charge < -0.3 is 9.47 Å². The fraction of sp³-hybridized carbons (Fsp3) is 0.200. The van der Waals surface area contributed by atoms with Gasteiger partial charge in [-0.15, -0.1) is 0 Å². The highest BCUT2D eigenvalue weighted by Crippen LogP contribution is 2.30. The van der Waals surface area contributed by atoms with Crippen molar-refractivity contribution in [1.29, 1.82) is 0 Å². The van der Waals surface area contributed by atoms with Gasteiger partial charge in [0.05, 0.1) is 19.3 Å². The molecule has 0 aliphatic carbocycles. The molecule has 2 rings (SSSR count). The van der Waals surface area contributed by atoms with Crippen LogP contribution in [-0.2, 0) is 4.74 Å². The van der Waals surface area contributed by atoms with E-state index in [9.17, 15) is 4.79 Å². The lowest BCUT2D eigenvalue weighted by atomic mass is 10.0. The van der Waals surface area contributed by atoms with Crippen LogP contribution < -0.4 is 4.74 Å². The third-order valence-corrected chi connectivity index (χ3v) is 2.70. The first-order valence-corrected chi connectivity index (χ1v) is 6.01. The molecule has 0 bridgehead atoms. The molecule has 4 nitrogen and oxygen atoms in total. The molecule has 0 saturated carbocycles. The average molecular weight is 257 g/mol. The van der Waals surface area contributed by atoms with Crippen LogP contribution in [0.4, 0.5) is 0 Å². The molecule has 0 N–H and O–H groups in total. The minimum absolute atomic E-state index is 0.345. The first kappa shape index (κ1) is 13.1. The van der Waals surface area contributed by atoms with Gasteiger partial charge in [-0.05, 0) is 42.8 Å². The van der Waals surface area contributed by atoms with E-state index in [0.29, 0.717) is 17.9 Å². The van der Waals surface area contributed by atoms with E-state index in [4.69, 9.17) is 9.47 Å². The molecule has 0 radical (unpaired) electrons. The van der Waals surface area contributed by atoms with E-state index in [1.165, 1.54) is 0 Å². The molecule has 1 heterocycles. The number of hydrogen-bond donors (Lipinski definition) is 0. The third kappa shape index (κ3) is 2.91.